The fraction of sp³-hybridized carbons (Fsp3) is 0.314. The second-order valence-corrected chi connectivity index (χ2v) is 11.1. The minimum Gasteiger partial charge on any atom is -0.497 e. The third kappa shape index (κ3) is 4.85. The normalized spacial score (nSPS) is 20.5. The summed E-state index contributed by atoms with van der Waals surface area (Å²) in [6.07, 6.45) is 2.00. The second kappa shape index (κ2) is 11.7. The molecule has 4 aromatic carbocycles. The lowest BCUT2D eigenvalue weighted by molar-refractivity contribution is -0.0990. The monoisotopic (exact) mass is 600 g/mol. The number of hydrogen-bond donors (Lipinski definition) is 0. The van der Waals surface area contributed by atoms with Crippen molar-refractivity contribution in [2.75, 3.05) is 71.7 Å². The highest BCUT2D eigenvalue weighted by Gasteiger charge is 2.45. The summed E-state index contributed by atoms with van der Waals surface area (Å²) in [5, 5.41) is 2.12. The van der Waals surface area contributed by atoms with Crippen LogP contribution in [0.1, 0.15) is 16.7 Å². The summed E-state index contributed by atoms with van der Waals surface area (Å²) in [6.45, 7) is 4.67. The molecule has 0 N–H and O–H groups in total. The van der Waals surface area contributed by atoms with Gasteiger partial charge in [0.1, 0.15) is 11.5 Å². The molecule has 3 aliphatic heterocycles. The van der Waals surface area contributed by atoms with Crippen LogP contribution in [-0.2, 0) is 15.2 Å². The third-order valence-corrected chi connectivity index (χ3v) is 8.71. The molecular weight excluding hydrogens is 566 g/mol. The average molecular weight is 601 g/mol. The Morgan fingerprint density at radius 2 is 1.39 bits per heavy atom. The minimum atomic E-state index is -1.34. The predicted molar refractivity (Wildman–Crippen MR) is 165 cm³/mol. The Morgan fingerprint density at radius 3 is 2.02 bits per heavy atom. The first kappa shape index (κ1) is 28.6. The van der Waals surface area contributed by atoms with Crippen LogP contribution in [-0.4, -0.2) is 71.7 Å². The molecular formula is C35H34F2N2O5. The summed E-state index contributed by atoms with van der Waals surface area (Å²) >= 11 is 0. The third-order valence-electron chi connectivity index (χ3n) is 8.71. The van der Waals surface area contributed by atoms with E-state index in [4.69, 9.17) is 23.7 Å². The summed E-state index contributed by atoms with van der Waals surface area (Å²) in [5.41, 5.74) is 2.74. The lowest BCUT2D eigenvalue weighted by Crippen LogP contribution is -2.55. The van der Waals surface area contributed by atoms with Crippen LogP contribution in [0.2, 0.25) is 0 Å². The number of nitrogens with zero attached hydrogens (tertiary/aromatic N) is 2. The standard InChI is InChI=1S/C35H34F2N2O5/c1-40-25-9-7-23(8-10-25)28-22-35(39-13-17-43-18-14-39,24-19-29(36)34(41-2)30(37)20-24)44-32-21-31(38-11-15-42-16-12-38)26-5-3-4-6-27(26)33(28)32/h3-10,19-22H,11-18H2,1-2H3. The van der Waals surface area contributed by atoms with Crippen molar-refractivity contribution in [3.05, 3.63) is 101 Å². The van der Waals surface area contributed by atoms with Crippen molar-refractivity contribution in [2.45, 2.75) is 5.72 Å². The SMILES string of the molecule is COc1ccc(C2=CC(c3cc(F)c(OC)c(F)c3)(N3CCOCC3)Oc3cc(N4CCOCC4)c4ccccc4c32)cc1. The van der Waals surface area contributed by atoms with Crippen molar-refractivity contribution in [3.63, 3.8) is 0 Å². The van der Waals surface area contributed by atoms with Crippen molar-refractivity contribution in [2.24, 2.45) is 0 Å². The Labute approximate surface area is 255 Å². The Kier molecular flexibility index (Phi) is 7.62. The first-order chi connectivity index (χ1) is 21.5. The predicted octanol–water partition coefficient (Wildman–Crippen LogP) is 5.98. The van der Waals surface area contributed by atoms with Gasteiger partial charge in [-0.2, -0.15) is 0 Å². The topological polar surface area (TPSA) is 52.6 Å². The maximum atomic E-state index is 15.4. The van der Waals surface area contributed by atoms with Gasteiger partial charge in [0.25, 0.3) is 0 Å². The Morgan fingerprint density at radius 1 is 0.750 bits per heavy atom. The van der Waals surface area contributed by atoms with Gasteiger partial charge in [0.05, 0.1) is 40.6 Å². The molecule has 0 bridgehead atoms. The van der Waals surface area contributed by atoms with E-state index < -0.39 is 23.1 Å². The number of rotatable bonds is 6. The van der Waals surface area contributed by atoms with E-state index in [-0.39, 0.29) is 0 Å². The van der Waals surface area contributed by atoms with Gasteiger partial charge >= 0.3 is 0 Å². The fourth-order valence-electron chi connectivity index (χ4n) is 6.56. The van der Waals surface area contributed by atoms with E-state index in [0.29, 0.717) is 50.8 Å². The molecule has 7 rings (SSSR count). The zero-order chi connectivity index (χ0) is 30.3. The van der Waals surface area contributed by atoms with Crippen LogP contribution in [0.3, 0.4) is 0 Å². The average Bonchev–Trinajstić information content (AvgIpc) is 3.08. The lowest BCUT2D eigenvalue weighted by atomic mass is 9.84. The van der Waals surface area contributed by atoms with E-state index in [1.165, 1.54) is 19.2 Å². The number of morpholine rings is 2. The molecule has 7 nitrogen and oxygen atoms in total. The van der Waals surface area contributed by atoms with Crippen molar-refractivity contribution in [1.82, 2.24) is 4.90 Å². The molecule has 0 radical (unpaired) electrons. The maximum Gasteiger partial charge on any atom is 0.210 e. The number of hydrogen-bond acceptors (Lipinski definition) is 7. The van der Waals surface area contributed by atoms with Crippen LogP contribution in [0.15, 0.2) is 72.8 Å². The number of fused-ring (bicyclic) bond motifs is 3. The van der Waals surface area contributed by atoms with Gasteiger partial charge in [0.2, 0.25) is 5.72 Å². The van der Waals surface area contributed by atoms with E-state index in [0.717, 1.165) is 52.0 Å². The van der Waals surface area contributed by atoms with Gasteiger partial charge in [0, 0.05) is 54.4 Å². The highest BCUT2D eigenvalue weighted by molar-refractivity contribution is 6.06. The second-order valence-electron chi connectivity index (χ2n) is 11.1. The van der Waals surface area contributed by atoms with Crippen molar-refractivity contribution >= 4 is 22.0 Å². The Hall–Kier alpha value is -4.18. The molecule has 3 heterocycles. The molecule has 0 aliphatic carbocycles. The lowest BCUT2D eigenvalue weighted by Gasteiger charge is -2.47. The number of anilines is 1. The molecule has 44 heavy (non-hydrogen) atoms. The molecule has 4 aromatic rings. The maximum absolute atomic E-state index is 15.4. The van der Waals surface area contributed by atoms with E-state index in [1.807, 2.05) is 42.5 Å². The molecule has 2 fully saturated rings. The Bertz CT molecular complexity index is 1690. The summed E-state index contributed by atoms with van der Waals surface area (Å²) in [7, 11) is 2.89. The quantitative estimate of drug-likeness (QED) is 0.270. The van der Waals surface area contributed by atoms with Gasteiger partial charge < -0.3 is 28.6 Å². The van der Waals surface area contributed by atoms with Crippen LogP contribution >= 0.6 is 0 Å². The van der Waals surface area contributed by atoms with E-state index >= 15 is 8.78 Å². The van der Waals surface area contributed by atoms with Crippen LogP contribution in [0.5, 0.6) is 17.2 Å². The first-order valence-electron chi connectivity index (χ1n) is 14.8. The van der Waals surface area contributed by atoms with Crippen LogP contribution in [0.25, 0.3) is 16.3 Å². The molecule has 9 heteroatoms. The van der Waals surface area contributed by atoms with Gasteiger partial charge in [-0.15, -0.1) is 0 Å². The zero-order valence-electron chi connectivity index (χ0n) is 24.8. The molecule has 0 spiro atoms. The number of methoxy groups -OCH3 is 2. The minimum absolute atomic E-state index is 0.327. The first-order valence-corrected chi connectivity index (χ1v) is 14.8. The molecule has 0 amide bonds. The summed E-state index contributed by atoms with van der Waals surface area (Å²) < 4.78 is 59.7. The van der Waals surface area contributed by atoms with Crippen LogP contribution in [0, 0.1) is 11.6 Å². The Balaban J connectivity index is 1.53. The van der Waals surface area contributed by atoms with Crippen molar-refractivity contribution in [3.8, 4) is 17.2 Å². The van der Waals surface area contributed by atoms with Gasteiger partial charge in [-0.3, -0.25) is 4.90 Å². The summed E-state index contributed by atoms with van der Waals surface area (Å²) in [6, 6.07) is 20.8. The fourth-order valence-corrected chi connectivity index (χ4v) is 6.56. The number of ether oxygens (including phenoxy) is 5. The molecule has 228 valence electrons. The molecule has 3 aliphatic rings. The summed E-state index contributed by atoms with van der Waals surface area (Å²) in [4.78, 5) is 4.40. The van der Waals surface area contributed by atoms with E-state index in [9.17, 15) is 0 Å². The van der Waals surface area contributed by atoms with Gasteiger partial charge in [-0.25, -0.2) is 8.78 Å². The number of benzene rings is 4. The largest absolute Gasteiger partial charge is 0.497 e. The van der Waals surface area contributed by atoms with Crippen molar-refractivity contribution in [1.29, 1.82) is 0 Å². The number of halogens is 2. The highest BCUT2D eigenvalue weighted by Crippen LogP contribution is 2.51. The molecule has 0 aromatic heterocycles. The highest BCUT2D eigenvalue weighted by atomic mass is 19.1. The molecule has 1 atom stereocenters. The van der Waals surface area contributed by atoms with E-state index in [1.54, 1.807) is 7.11 Å². The zero-order valence-corrected chi connectivity index (χ0v) is 24.8. The van der Waals surface area contributed by atoms with Gasteiger partial charge in [-0.05, 0) is 46.9 Å². The van der Waals surface area contributed by atoms with Crippen LogP contribution in [0.4, 0.5) is 14.5 Å². The molecule has 2 saturated heterocycles. The summed E-state index contributed by atoms with van der Waals surface area (Å²) in [5.74, 6) is -0.663. The smallest absolute Gasteiger partial charge is 0.210 e. The van der Waals surface area contributed by atoms with Crippen LogP contribution < -0.4 is 19.1 Å². The van der Waals surface area contributed by atoms with Gasteiger partial charge in [0.15, 0.2) is 17.4 Å². The van der Waals surface area contributed by atoms with E-state index in [2.05, 4.69) is 28.0 Å². The molecule has 0 saturated carbocycles. The van der Waals surface area contributed by atoms with Gasteiger partial charge in [-0.1, -0.05) is 36.4 Å². The molecule has 1 unspecified atom stereocenters. The van der Waals surface area contributed by atoms with Crippen molar-refractivity contribution < 1.29 is 32.5 Å².